The van der Waals surface area contributed by atoms with Crippen LogP contribution in [0, 0.1) is 0 Å². The van der Waals surface area contributed by atoms with Crippen molar-refractivity contribution >= 4 is 45.1 Å². The van der Waals surface area contributed by atoms with Gasteiger partial charge in [0.25, 0.3) is 0 Å². The molecule has 160 valence electrons. The van der Waals surface area contributed by atoms with Gasteiger partial charge in [0.2, 0.25) is 0 Å². The van der Waals surface area contributed by atoms with Crippen LogP contribution in [0.2, 0.25) is 10.0 Å². The van der Waals surface area contributed by atoms with Gasteiger partial charge >= 0.3 is 0 Å². The molecule has 7 heteroatoms. The van der Waals surface area contributed by atoms with Crippen LogP contribution >= 0.6 is 23.2 Å². The van der Waals surface area contributed by atoms with Gasteiger partial charge in [-0.05, 0) is 36.4 Å². The van der Waals surface area contributed by atoms with Gasteiger partial charge in [-0.15, -0.1) is 0 Å². The highest BCUT2D eigenvalue weighted by Gasteiger charge is 2.22. The molecule has 5 nitrogen and oxygen atoms in total. The molecule has 0 aliphatic carbocycles. The Labute approximate surface area is 197 Å². The topological polar surface area (TPSA) is 61.2 Å². The molecule has 3 aromatic carbocycles. The Morgan fingerprint density at radius 3 is 2.42 bits per heavy atom. The standard InChI is InChI=1S/C26H14Cl2N2O3/c27-16-11-18-21(31)13-23(33-26(18)20(28)12-16)19-14-29-30(17-7-2-1-3-8-17)25(19)24-10-15-6-4-5-9-22(15)32-24/h1-14H. The Balaban J connectivity index is 1.65. The van der Waals surface area contributed by atoms with Gasteiger partial charge in [0.15, 0.2) is 16.8 Å². The highest BCUT2D eigenvalue weighted by Crippen LogP contribution is 2.38. The summed E-state index contributed by atoms with van der Waals surface area (Å²) in [7, 11) is 0. The van der Waals surface area contributed by atoms with Crippen molar-refractivity contribution in [2.24, 2.45) is 0 Å². The molecule has 0 aliphatic heterocycles. The Morgan fingerprint density at radius 1 is 0.818 bits per heavy atom. The van der Waals surface area contributed by atoms with Crippen molar-refractivity contribution in [2.75, 3.05) is 0 Å². The summed E-state index contributed by atoms with van der Waals surface area (Å²) < 4.78 is 14.0. The van der Waals surface area contributed by atoms with E-state index in [2.05, 4.69) is 5.10 Å². The minimum Gasteiger partial charge on any atom is -0.454 e. The molecule has 0 radical (unpaired) electrons. The van der Waals surface area contributed by atoms with Crippen LogP contribution < -0.4 is 5.43 Å². The Bertz CT molecular complexity index is 1680. The summed E-state index contributed by atoms with van der Waals surface area (Å²) >= 11 is 12.4. The smallest absolute Gasteiger partial charge is 0.193 e. The lowest BCUT2D eigenvalue weighted by atomic mass is 10.1. The largest absolute Gasteiger partial charge is 0.454 e. The zero-order valence-corrected chi connectivity index (χ0v) is 18.5. The molecule has 0 atom stereocenters. The maximum atomic E-state index is 12.9. The number of benzene rings is 3. The summed E-state index contributed by atoms with van der Waals surface area (Å²) in [5.74, 6) is 0.923. The number of para-hydroxylation sites is 2. The predicted octanol–water partition coefficient (Wildman–Crippen LogP) is 7.37. The van der Waals surface area contributed by atoms with Crippen molar-refractivity contribution in [3.8, 4) is 28.5 Å². The van der Waals surface area contributed by atoms with Crippen molar-refractivity contribution < 1.29 is 8.83 Å². The minimum atomic E-state index is -0.251. The SMILES string of the molecule is O=c1cc(-c2cnn(-c3ccccc3)c2-c2cc3ccccc3o2)oc2c(Cl)cc(Cl)cc12. The normalized spacial score (nSPS) is 11.5. The molecule has 0 spiro atoms. The van der Waals surface area contributed by atoms with E-state index in [-0.39, 0.29) is 16.0 Å². The first-order chi connectivity index (χ1) is 16.1. The molecule has 0 amide bonds. The highest BCUT2D eigenvalue weighted by molar-refractivity contribution is 6.38. The Hall–Kier alpha value is -3.80. The fraction of sp³-hybridized carbons (Fsp3) is 0. The number of halogens is 2. The fourth-order valence-corrected chi connectivity index (χ4v) is 4.48. The summed E-state index contributed by atoms with van der Waals surface area (Å²) in [4.78, 5) is 12.9. The van der Waals surface area contributed by atoms with Crippen LogP contribution in [0.5, 0.6) is 0 Å². The van der Waals surface area contributed by atoms with Gasteiger partial charge < -0.3 is 8.83 Å². The van der Waals surface area contributed by atoms with Gasteiger partial charge in [0.05, 0.1) is 27.9 Å². The van der Waals surface area contributed by atoms with Gasteiger partial charge in [0, 0.05) is 16.5 Å². The van der Waals surface area contributed by atoms with Crippen molar-refractivity contribution in [2.45, 2.75) is 0 Å². The molecule has 3 aromatic heterocycles. The van der Waals surface area contributed by atoms with Crippen molar-refractivity contribution in [1.29, 1.82) is 0 Å². The maximum absolute atomic E-state index is 12.9. The molecular weight excluding hydrogens is 459 g/mol. The molecule has 0 N–H and O–H groups in total. The highest BCUT2D eigenvalue weighted by atomic mass is 35.5. The molecule has 0 fully saturated rings. The number of rotatable bonds is 3. The third-order valence-electron chi connectivity index (χ3n) is 5.44. The van der Waals surface area contributed by atoms with Crippen LogP contribution in [-0.4, -0.2) is 9.78 Å². The third-order valence-corrected chi connectivity index (χ3v) is 5.94. The lowest BCUT2D eigenvalue weighted by Gasteiger charge is -2.08. The van der Waals surface area contributed by atoms with Gasteiger partial charge in [-0.2, -0.15) is 5.10 Å². The zero-order valence-electron chi connectivity index (χ0n) is 17.0. The van der Waals surface area contributed by atoms with Gasteiger partial charge in [0.1, 0.15) is 17.0 Å². The quantitative estimate of drug-likeness (QED) is 0.269. The molecule has 33 heavy (non-hydrogen) atoms. The van der Waals surface area contributed by atoms with Crippen LogP contribution in [0.4, 0.5) is 0 Å². The lowest BCUT2D eigenvalue weighted by molar-refractivity contribution is 0.613. The number of aromatic nitrogens is 2. The Morgan fingerprint density at radius 2 is 1.61 bits per heavy atom. The van der Waals surface area contributed by atoms with Crippen LogP contribution in [-0.2, 0) is 0 Å². The molecule has 0 saturated carbocycles. The minimum absolute atomic E-state index is 0.251. The first-order valence-corrected chi connectivity index (χ1v) is 10.9. The van der Waals surface area contributed by atoms with Crippen molar-refractivity contribution in [3.63, 3.8) is 0 Å². The van der Waals surface area contributed by atoms with Crippen LogP contribution in [0.25, 0.3) is 50.4 Å². The number of hydrogen-bond acceptors (Lipinski definition) is 4. The first kappa shape index (κ1) is 19.9. The second-order valence-electron chi connectivity index (χ2n) is 7.54. The molecule has 0 aliphatic rings. The monoisotopic (exact) mass is 472 g/mol. The third kappa shape index (κ3) is 3.33. The van der Waals surface area contributed by atoms with Crippen molar-refractivity contribution in [1.82, 2.24) is 9.78 Å². The van der Waals surface area contributed by atoms with E-state index in [4.69, 9.17) is 32.0 Å². The van der Waals surface area contributed by atoms with E-state index in [1.165, 1.54) is 6.07 Å². The molecular formula is C26H14Cl2N2O3. The number of furan rings is 1. The summed E-state index contributed by atoms with van der Waals surface area (Å²) in [6.07, 6.45) is 1.66. The van der Waals surface area contributed by atoms with E-state index in [0.29, 0.717) is 33.2 Å². The summed E-state index contributed by atoms with van der Waals surface area (Å²) in [5.41, 5.74) is 2.86. The molecule has 6 aromatic rings. The van der Waals surface area contributed by atoms with Crippen molar-refractivity contribution in [3.05, 3.63) is 105 Å². The fourth-order valence-electron chi connectivity index (χ4n) is 3.95. The summed E-state index contributed by atoms with van der Waals surface area (Å²) in [6, 6.07) is 23.9. The van der Waals surface area contributed by atoms with E-state index < -0.39 is 0 Å². The second-order valence-corrected chi connectivity index (χ2v) is 8.39. The van der Waals surface area contributed by atoms with Gasteiger partial charge in [-0.1, -0.05) is 59.6 Å². The van der Waals surface area contributed by atoms with E-state index in [0.717, 1.165) is 16.7 Å². The maximum Gasteiger partial charge on any atom is 0.193 e. The molecule has 0 bridgehead atoms. The molecule has 0 saturated heterocycles. The van der Waals surface area contributed by atoms with E-state index in [9.17, 15) is 4.79 Å². The number of hydrogen-bond donors (Lipinski definition) is 0. The Kier molecular flexibility index (Phi) is 4.61. The van der Waals surface area contributed by atoms with E-state index in [1.54, 1.807) is 23.0 Å². The van der Waals surface area contributed by atoms with E-state index in [1.807, 2.05) is 60.7 Å². The lowest BCUT2D eigenvalue weighted by Crippen LogP contribution is -2.02. The number of nitrogens with zero attached hydrogens (tertiary/aromatic N) is 2. The van der Waals surface area contributed by atoms with Crippen LogP contribution in [0.1, 0.15) is 0 Å². The molecule has 0 unspecified atom stereocenters. The number of fused-ring (bicyclic) bond motifs is 2. The second kappa shape index (κ2) is 7.66. The predicted molar refractivity (Wildman–Crippen MR) is 130 cm³/mol. The average Bonchev–Trinajstić information content (AvgIpc) is 3.44. The van der Waals surface area contributed by atoms with Crippen LogP contribution in [0.15, 0.2) is 98.7 Å². The zero-order chi connectivity index (χ0) is 22.5. The molecule has 6 rings (SSSR count). The van der Waals surface area contributed by atoms with E-state index >= 15 is 0 Å². The first-order valence-electron chi connectivity index (χ1n) is 10.1. The average molecular weight is 473 g/mol. The van der Waals surface area contributed by atoms with Gasteiger partial charge in [-0.3, -0.25) is 4.79 Å². The summed E-state index contributed by atoms with van der Waals surface area (Å²) in [5, 5.41) is 6.50. The van der Waals surface area contributed by atoms with Crippen LogP contribution in [0.3, 0.4) is 0 Å². The summed E-state index contributed by atoms with van der Waals surface area (Å²) in [6.45, 7) is 0. The van der Waals surface area contributed by atoms with Gasteiger partial charge in [-0.25, -0.2) is 4.68 Å². The molecule has 3 heterocycles.